The Bertz CT molecular complexity index is 1080. The molecular formula is C21H13F3N2OS. The van der Waals surface area contributed by atoms with Crippen molar-refractivity contribution < 1.29 is 18.0 Å². The Labute approximate surface area is 163 Å². The Hall–Kier alpha value is -2.98. The predicted molar refractivity (Wildman–Crippen MR) is 98.1 cm³/mol. The Morgan fingerprint density at radius 3 is 2.57 bits per heavy atom. The molecule has 0 N–H and O–H groups in total. The lowest BCUT2D eigenvalue weighted by Gasteiger charge is -2.05. The quantitative estimate of drug-likeness (QED) is 0.593. The number of nitrogens with zero attached hydrogens (tertiary/aromatic N) is 2. The third-order valence-electron chi connectivity index (χ3n) is 4.83. The van der Waals surface area contributed by atoms with Crippen LogP contribution in [0.25, 0.3) is 11.3 Å². The molecule has 1 fully saturated rings. The molecule has 1 heterocycles. The summed E-state index contributed by atoms with van der Waals surface area (Å²) in [5.41, 5.74) is 0.502. The molecule has 3 aromatic rings. The Kier molecular flexibility index (Phi) is 4.73. The van der Waals surface area contributed by atoms with Gasteiger partial charge in [0, 0.05) is 11.3 Å². The number of aromatic nitrogens is 1. The number of benzene rings is 2. The van der Waals surface area contributed by atoms with Crippen LogP contribution in [-0.2, 0) is 4.79 Å². The van der Waals surface area contributed by atoms with Crippen LogP contribution in [0.3, 0.4) is 0 Å². The van der Waals surface area contributed by atoms with Crippen LogP contribution in [0.2, 0.25) is 0 Å². The summed E-state index contributed by atoms with van der Waals surface area (Å²) < 4.78 is 41.3. The zero-order chi connectivity index (χ0) is 19.8. The normalized spacial score (nSPS) is 19.1. The van der Waals surface area contributed by atoms with Crippen molar-refractivity contribution in [2.75, 3.05) is 0 Å². The van der Waals surface area contributed by atoms with E-state index in [0.29, 0.717) is 6.42 Å². The van der Waals surface area contributed by atoms with Crippen LogP contribution >= 0.6 is 11.3 Å². The van der Waals surface area contributed by atoms with Crippen LogP contribution < -0.4 is 0 Å². The third-order valence-corrected chi connectivity index (χ3v) is 5.74. The number of thiazole rings is 1. The highest BCUT2D eigenvalue weighted by Crippen LogP contribution is 2.50. The van der Waals surface area contributed by atoms with Gasteiger partial charge in [-0.3, -0.25) is 4.79 Å². The minimum Gasteiger partial charge on any atom is -0.297 e. The first-order valence-corrected chi connectivity index (χ1v) is 9.46. The predicted octanol–water partition coefficient (Wildman–Crippen LogP) is 5.21. The second kappa shape index (κ2) is 7.21. The number of nitriles is 1. The number of Topliss-reactive ketones (excluding diaryl/α,β-unsaturated/α-hetero) is 1. The van der Waals surface area contributed by atoms with Crippen molar-refractivity contribution in [3.05, 3.63) is 75.9 Å². The zero-order valence-corrected chi connectivity index (χ0v) is 15.2. The summed E-state index contributed by atoms with van der Waals surface area (Å²) in [7, 11) is 0. The maximum atomic E-state index is 14.0. The third kappa shape index (κ3) is 3.32. The van der Waals surface area contributed by atoms with E-state index in [-0.39, 0.29) is 39.7 Å². The minimum absolute atomic E-state index is 0.0566. The van der Waals surface area contributed by atoms with E-state index in [9.17, 15) is 23.2 Å². The second-order valence-electron chi connectivity index (χ2n) is 6.64. The van der Waals surface area contributed by atoms with E-state index in [1.165, 1.54) is 23.6 Å². The van der Waals surface area contributed by atoms with Gasteiger partial charge in [0.05, 0.1) is 17.3 Å². The number of carbonyl (C=O) groups is 1. The van der Waals surface area contributed by atoms with Crippen molar-refractivity contribution in [3.8, 4) is 17.3 Å². The SMILES string of the molecule is N#C[C@H](C(=O)[C@@H]1C[C@@H]1c1cccc(F)c1)c1nc(-c2c(F)cccc2F)cs1. The van der Waals surface area contributed by atoms with Crippen LogP contribution in [0, 0.1) is 34.7 Å². The summed E-state index contributed by atoms with van der Waals surface area (Å²) >= 11 is 1.02. The van der Waals surface area contributed by atoms with Gasteiger partial charge >= 0.3 is 0 Å². The fraction of sp³-hybridized carbons (Fsp3) is 0.190. The lowest BCUT2D eigenvalue weighted by Crippen LogP contribution is -2.13. The van der Waals surface area contributed by atoms with Crippen molar-refractivity contribution in [1.29, 1.82) is 5.26 Å². The second-order valence-corrected chi connectivity index (χ2v) is 7.53. The fourth-order valence-corrected chi connectivity index (χ4v) is 4.21. The van der Waals surface area contributed by atoms with Crippen molar-refractivity contribution in [2.24, 2.45) is 5.92 Å². The van der Waals surface area contributed by atoms with Gasteiger partial charge in [0.2, 0.25) is 0 Å². The molecule has 0 amide bonds. The van der Waals surface area contributed by atoms with E-state index >= 15 is 0 Å². The van der Waals surface area contributed by atoms with Crippen LogP contribution in [0.5, 0.6) is 0 Å². The Morgan fingerprint density at radius 2 is 1.89 bits per heavy atom. The molecule has 1 aromatic heterocycles. The van der Waals surface area contributed by atoms with Gasteiger partial charge in [0.1, 0.15) is 22.5 Å². The lowest BCUT2D eigenvalue weighted by molar-refractivity contribution is -0.120. The molecule has 7 heteroatoms. The van der Waals surface area contributed by atoms with E-state index in [1.807, 2.05) is 6.07 Å². The number of hydrogen-bond donors (Lipinski definition) is 0. The standard InChI is InChI=1S/C21H13F3N2OS/c22-12-4-1-3-11(7-12)13-8-14(13)20(27)15(9-25)21-26-18(10-28-21)19-16(23)5-2-6-17(19)24/h1-7,10,13-15H,8H2/t13-,14-,15-/m1/s1. The molecule has 140 valence electrons. The Balaban J connectivity index is 1.57. The molecule has 3 atom stereocenters. The zero-order valence-electron chi connectivity index (χ0n) is 14.4. The molecule has 0 radical (unpaired) electrons. The van der Waals surface area contributed by atoms with E-state index in [1.54, 1.807) is 12.1 Å². The summed E-state index contributed by atoms with van der Waals surface area (Å²) in [5, 5.41) is 11.1. The molecule has 2 aromatic carbocycles. The summed E-state index contributed by atoms with van der Waals surface area (Å²) in [4.78, 5) is 16.9. The van der Waals surface area contributed by atoms with Gasteiger partial charge in [0.25, 0.3) is 0 Å². The molecule has 28 heavy (non-hydrogen) atoms. The van der Waals surface area contributed by atoms with Gasteiger partial charge in [-0.2, -0.15) is 5.26 Å². The van der Waals surface area contributed by atoms with Crippen molar-refractivity contribution >= 4 is 17.1 Å². The maximum absolute atomic E-state index is 14.0. The molecule has 0 saturated heterocycles. The van der Waals surface area contributed by atoms with Crippen LogP contribution in [0.1, 0.15) is 28.8 Å². The minimum atomic E-state index is -1.11. The molecule has 0 aliphatic heterocycles. The molecule has 0 unspecified atom stereocenters. The summed E-state index contributed by atoms with van der Waals surface area (Å²) in [5.74, 6) is -3.81. The molecule has 4 rings (SSSR count). The van der Waals surface area contributed by atoms with Crippen molar-refractivity contribution in [2.45, 2.75) is 18.3 Å². The molecule has 1 saturated carbocycles. The van der Waals surface area contributed by atoms with Crippen molar-refractivity contribution in [3.63, 3.8) is 0 Å². The molecular weight excluding hydrogens is 385 g/mol. The van der Waals surface area contributed by atoms with Gasteiger partial charge in [-0.05, 0) is 42.2 Å². The highest BCUT2D eigenvalue weighted by Gasteiger charge is 2.47. The Morgan fingerprint density at radius 1 is 1.18 bits per heavy atom. The average molecular weight is 398 g/mol. The topological polar surface area (TPSA) is 53.8 Å². The smallest absolute Gasteiger partial charge is 0.160 e. The summed E-state index contributed by atoms with van der Waals surface area (Å²) in [6.07, 6.45) is 0.542. The highest BCUT2D eigenvalue weighted by atomic mass is 32.1. The molecule has 0 bridgehead atoms. The highest BCUT2D eigenvalue weighted by molar-refractivity contribution is 7.10. The molecule has 3 nitrogen and oxygen atoms in total. The van der Waals surface area contributed by atoms with E-state index < -0.39 is 17.6 Å². The van der Waals surface area contributed by atoms with Gasteiger partial charge in [-0.15, -0.1) is 11.3 Å². The number of carbonyl (C=O) groups excluding carboxylic acids is 1. The first-order valence-electron chi connectivity index (χ1n) is 8.58. The maximum Gasteiger partial charge on any atom is 0.160 e. The van der Waals surface area contributed by atoms with Crippen LogP contribution in [-0.4, -0.2) is 10.8 Å². The van der Waals surface area contributed by atoms with Gasteiger partial charge in [-0.25, -0.2) is 18.2 Å². The monoisotopic (exact) mass is 398 g/mol. The summed E-state index contributed by atoms with van der Waals surface area (Å²) in [6.45, 7) is 0. The number of hydrogen-bond acceptors (Lipinski definition) is 4. The molecule has 0 spiro atoms. The summed E-state index contributed by atoms with van der Waals surface area (Å²) in [6, 6.07) is 11.5. The molecule has 1 aliphatic rings. The van der Waals surface area contributed by atoms with E-state index in [4.69, 9.17) is 0 Å². The largest absolute Gasteiger partial charge is 0.297 e. The average Bonchev–Trinajstić information content (AvgIpc) is 3.34. The number of ketones is 1. The van der Waals surface area contributed by atoms with E-state index in [2.05, 4.69) is 4.98 Å². The van der Waals surface area contributed by atoms with Gasteiger partial charge in [-0.1, -0.05) is 18.2 Å². The van der Waals surface area contributed by atoms with E-state index in [0.717, 1.165) is 29.0 Å². The van der Waals surface area contributed by atoms with Crippen LogP contribution in [0.4, 0.5) is 13.2 Å². The first-order chi connectivity index (χ1) is 13.5. The molecule has 1 aliphatic carbocycles. The van der Waals surface area contributed by atoms with Gasteiger partial charge < -0.3 is 0 Å². The number of rotatable bonds is 5. The number of halogens is 3. The first kappa shape index (κ1) is 18.4. The van der Waals surface area contributed by atoms with Crippen molar-refractivity contribution in [1.82, 2.24) is 4.98 Å². The van der Waals surface area contributed by atoms with Gasteiger partial charge in [0.15, 0.2) is 11.7 Å². The van der Waals surface area contributed by atoms with Crippen LogP contribution in [0.15, 0.2) is 47.8 Å². The lowest BCUT2D eigenvalue weighted by atomic mass is 9.99. The fourth-order valence-electron chi connectivity index (χ4n) is 3.35.